The van der Waals surface area contributed by atoms with Crippen LogP contribution in [0.5, 0.6) is 0 Å². The van der Waals surface area contributed by atoms with Crippen molar-refractivity contribution in [2.24, 2.45) is 16.8 Å². The molecule has 0 aromatic heterocycles. The van der Waals surface area contributed by atoms with E-state index in [1.165, 1.54) is 30.5 Å². The number of hydrogen-bond acceptors (Lipinski definition) is 5. The van der Waals surface area contributed by atoms with Gasteiger partial charge < -0.3 is 9.80 Å². The molecular formula is C38H58N4O. The van der Waals surface area contributed by atoms with E-state index < -0.39 is 0 Å². The fourth-order valence-electron chi connectivity index (χ4n) is 5.99. The first-order chi connectivity index (χ1) is 20.5. The van der Waals surface area contributed by atoms with Gasteiger partial charge in [0.15, 0.2) is 5.78 Å². The molecule has 1 saturated carbocycles. The Hall–Kier alpha value is -2.92. The first kappa shape index (κ1) is 34.6. The summed E-state index contributed by atoms with van der Waals surface area (Å²) in [4.78, 5) is 25.1. The lowest BCUT2D eigenvalue weighted by molar-refractivity contribution is -0.112. The van der Waals surface area contributed by atoms with Crippen LogP contribution in [0.25, 0.3) is 0 Å². The summed E-state index contributed by atoms with van der Waals surface area (Å²) in [7, 11) is 0. The normalized spacial score (nSPS) is 23.4. The Bertz CT molecular complexity index is 1220. The van der Waals surface area contributed by atoms with Gasteiger partial charge in [-0.2, -0.15) is 0 Å². The maximum atomic E-state index is 12.5. The summed E-state index contributed by atoms with van der Waals surface area (Å²) in [5.74, 6) is 0.725. The molecule has 3 rings (SSSR count). The molecule has 3 atom stereocenters. The zero-order valence-electron chi connectivity index (χ0n) is 28.6. The summed E-state index contributed by atoms with van der Waals surface area (Å²) >= 11 is 0. The van der Waals surface area contributed by atoms with Crippen molar-refractivity contribution < 1.29 is 4.79 Å². The number of piperazine rings is 1. The average Bonchev–Trinajstić information content (AvgIpc) is 2.96. The molecule has 43 heavy (non-hydrogen) atoms. The van der Waals surface area contributed by atoms with Gasteiger partial charge >= 0.3 is 0 Å². The largest absolute Gasteiger partial charge is 0.369 e. The molecule has 0 N–H and O–H groups in total. The van der Waals surface area contributed by atoms with Crippen molar-refractivity contribution in [2.45, 2.75) is 113 Å². The van der Waals surface area contributed by atoms with Gasteiger partial charge in [0.25, 0.3) is 0 Å². The predicted molar refractivity (Wildman–Crippen MR) is 185 cm³/mol. The van der Waals surface area contributed by atoms with Gasteiger partial charge in [0.1, 0.15) is 0 Å². The topological polar surface area (TPSA) is 39.2 Å². The Morgan fingerprint density at radius 1 is 1.09 bits per heavy atom. The number of ketones is 1. The van der Waals surface area contributed by atoms with Crippen molar-refractivity contribution in [3.05, 3.63) is 83.2 Å². The van der Waals surface area contributed by atoms with Crippen molar-refractivity contribution in [3.8, 4) is 0 Å². The zero-order chi connectivity index (χ0) is 31.7. The molecule has 236 valence electrons. The third kappa shape index (κ3) is 9.04. The van der Waals surface area contributed by atoms with Crippen molar-refractivity contribution in [1.29, 1.82) is 0 Å². The van der Waals surface area contributed by atoms with Gasteiger partial charge in [0.2, 0.25) is 0 Å². The highest BCUT2D eigenvalue weighted by molar-refractivity contribution is 5.99. The van der Waals surface area contributed by atoms with Crippen LogP contribution in [0.3, 0.4) is 0 Å². The SMILES string of the molecule is C=C1C(CC)=CC(C(=C/C(C)=O)/N=C(/C=C\C(=C/C)N2CCN(C3CCC3)[C@H](C)C2)C(C)CC)=CN1/C=C(/C)C(C)CC. The molecule has 3 aliphatic rings. The van der Waals surface area contributed by atoms with Crippen LogP contribution in [0.1, 0.15) is 101 Å². The van der Waals surface area contributed by atoms with Gasteiger partial charge in [-0.15, -0.1) is 0 Å². The first-order valence-corrected chi connectivity index (χ1v) is 16.8. The van der Waals surface area contributed by atoms with E-state index in [9.17, 15) is 4.79 Å². The summed E-state index contributed by atoms with van der Waals surface area (Å²) in [5.41, 5.74) is 7.32. The highest BCUT2D eigenvalue weighted by Crippen LogP contribution is 2.32. The highest BCUT2D eigenvalue weighted by Gasteiger charge is 2.32. The first-order valence-electron chi connectivity index (χ1n) is 16.8. The lowest BCUT2D eigenvalue weighted by Crippen LogP contribution is -2.56. The summed E-state index contributed by atoms with van der Waals surface area (Å²) in [5, 5.41) is 0. The summed E-state index contributed by atoms with van der Waals surface area (Å²) < 4.78 is 0. The number of allylic oxidation sites excluding steroid dienone is 7. The third-order valence-corrected chi connectivity index (χ3v) is 9.71. The molecule has 0 aromatic carbocycles. The lowest BCUT2D eigenvalue weighted by Gasteiger charge is -2.47. The van der Waals surface area contributed by atoms with Crippen molar-refractivity contribution in [3.63, 3.8) is 0 Å². The number of carbonyl (C=O) groups is 1. The van der Waals surface area contributed by atoms with Crippen LogP contribution in [0.15, 0.2) is 88.2 Å². The maximum Gasteiger partial charge on any atom is 0.154 e. The monoisotopic (exact) mass is 586 g/mol. The smallest absolute Gasteiger partial charge is 0.154 e. The van der Waals surface area contributed by atoms with E-state index >= 15 is 0 Å². The number of rotatable bonds is 13. The van der Waals surface area contributed by atoms with Crippen molar-refractivity contribution in [1.82, 2.24) is 14.7 Å². The molecule has 0 aromatic rings. The number of nitrogens with zero attached hydrogens (tertiary/aromatic N) is 4. The molecule has 0 radical (unpaired) electrons. The van der Waals surface area contributed by atoms with Gasteiger partial charge in [-0.25, -0.2) is 0 Å². The molecule has 5 heteroatoms. The minimum atomic E-state index is -0.00618. The quantitative estimate of drug-likeness (QED) is 0.123. The standard InChI is InChI=1S/C38H58N4O/c1-11-27(5)29(7)24-41-26-34(23-33(13-3)32(41)10)38(22-31(9)43)39-37(28(6)12-2)19-18-35(14-4)40-20-21-42(30(8)25-40)36-16-15-17-36/h14,18-19,22-24,26-28,30,36H,10-13,15-17,20-21,25H2,1-9H3/b19-18-,29-24-,35-14+,38-22-,39-37-/t27?,28?,30-/m1/s1. The second-order valence-electron chi connectivity index (χ2n) is 12.8. The van der Waals surface area contributed by atoms with E-state index in [4.69, 9.17) is 4.99 Å². The molecule has 2 heterocycles. The lowest BCUT2D eigenvalue weighted by atomic mass is 9.89. The Labute approximate surface area is 263 Å². The van der Waals surface area contributed by atoms with Crippen LogP contribution in [0.4, 0.5) is 0 Å². The molecule has 5 nitrogen and oxygen atoms in total. The third-order valence-electron chi connectivity index (χ3n) is 9.71. The fourth-order valence-corrected chi connectivity index (χ4v) is 5.99. The second-order valence-corrected chi connectivity index (χ2v) is 12.8. The van der Waals surface area contributed by atoms with Gasteiger partial charge in [0, 0.05) is 72.9 Å². The minimum absolute atomic E-state index is 0.00618. The van der Waals surface area contributed by atoms with Crippen LogP contribution in [-0.2, 0) is 4.79 Å². The number of hydrogen-bond donors (Lipinski definition) is 0. The van der Waals surface area contributed by atoms with Crippen LogP contribution in [0, 0.1) is 11.8 Å². The Kier molecular flexibility index (Phi) is 13.1. The van der Waals surface area contributed by atoms with Crippen LogP contribution < -0.4 is 0 Å². The van der Waals surface area contributed by atoms with Gasteiger partial charge in [-0.05, 0) is 95.4 Å². The van der Waals surface area contributed by atoms with E-state index in [-0.39, 0.29) is 11.7 Å². The zero-order valence-corrected chi connectivity index (χ0v) is 28.6. The molecule has 1 aliphatic carbocycles. The maximum absolute atomic E-state index is 12.5. The molecule has 2 unspecified atom stereocenters. The molecular weight excluding hydrogens is 528 g/mol. The minimum Gasteiger partial charge on any atom is -0.369 e. The van der Waals surface area contributed by atoms with Crippen LogP contribution in [0.2, 0.25) is 0 Å². The van der Waals surface area contributed by atoms with Gasteiger partial charge in [-0.1, -0.05) is 59.3 Å². The average molecular weight is 587 g/mol. The highest BCUT2D eigenvalue weighted by atomic mass is 16.1. The number of carbonyl (C=O) groups excluding carboxylic acids is 1. The van der Waals surface area contributed by atoms with Gasteiger partial charge in [-0.3, -0.25) is 14.7 Å². The van der Waals surface area contributed by atoms with E-state index in [1.54, 1.807) is 13.0 Å². The van der Waals surface area contributed by atoms with E-state index in [0.29, 0.717) is 17.7 Å². The van der Waals surface area contributed by atoms with Gasteiger partial charge in [0.05, 0.1) is 5.70 Å². The molecule has 0 spiro atoms. The van der Waals surface area contributed by atoms with Crippen LogP contribution in [-0.4, -0.2) is 57.9 Å². The van der Waals surface area contributed by atoms with E-state index in [0.717, 1.165) is 67.5 Å². The van der Waals surface area contributed by atoms with Crippen molar-refractivity contribution in [2.75, 3.05) is 19.6 Å². The molecule has 0 amide bonds. The number of aliphatic imine (C=N–C) groups is 1. The summed E-state index contributed by atoms with van der Waals surface area (Å²) in [6, 6.07) is 1.35. The predicted octanol–water partition coefficient (Wildman–Crippen LogP) is 8.96. The van der Waals surface area contributed by atoms with Crippen molar-refractivity contribution >= 4 is 11.5 Å². The molecule has 2 aliphatic heterocycles. The fraction of sp³-hybridized carbons (Fsp3) is 0.579. The molecule has 2 fully saturated rings. The second kappa shape index (κ2) is 16.2. The van der Waals surface area contributed by atoms with E-state index in [1.807, 2.05) is 0 Å². The Morgan fingerprint density at radius 2 is 1.79 bits per heavy atom. The summed E-state index contributed by atoms with van der Waals surface area (Å²) in [6.07, 6.45) is 21.7. The molecule has 1 saturated heterocycles. The Balaban J connectivity index is 1.95. The van der Waals surface area contributed by atoms with Crippen LogP contribution >= 0.6 is 0 Å². The summed E-state index contributed by atoms with van der Waals surface area (Å²) in [6.45, 7) is 27.0. The van der Waals surface area contributed by atoms with E-state index in [2.05, 4.69) is 113 Å². The Morgan fingerprint density at radius 3 is 2.33 bits per heavy atom. The molecule has 0 bridgehead atoms.